The van der Waals surface area contributed by atoms with Gasteiger partial charge in [0.15, 0.2) is 0 Å². The summed E-state index contributed by atoms with van der Waals surface area (Å²) in [6, 6.07) is 5.61. The molecule has 0 aliphatic rings. The first kappa shape index (κ1) is 26.4. The van der Waals surface area contributed by atoms with Crippen molar-refractivity contribution in [3.63, 3.8) is 0 Å². The molecule has 1 aromatic carbocycles. The maximum absolute atomic E-state index is 12.3. The molecular formula is C21H26FN5O7. The number of hydrogen-bond donors (Lipinski definition) is 4. The normalized spacial score (nSPS) is 11.6. The Morgan fingerprint density at radius 1 is 1.09 bits per heavy atom. The van der Waals surface area contributed by atoms with Crippen LogP contribution in [-0.2, 0) is 32.0 Å². The van der Waals surface area contributed by atoms with Crippen LogP contribution in [0.3, 0.4) is 0 Å². The Morgan fingerprint density at radius 3 is 2.41 bits per heavy atom. The van der Waals surface area contributed by atoms with Crippen molar-refractivity contribution in [2.24, 2.45) is 0 Å². The van der Waals surface area contributed by atoms with Gasteiger partial charge in [-0.15, -0.1) is 5.10 Å². The number of amides is 2. The van der Waals surface area contributed by atoms with Gasteiger partial charge in [0.05, 0.1) is 24.3 Å². The fourth-order valence-electron chi connectivity index (χ4n) is 2.97. The molecule has 0 aliphatic heterocycles. The number of aryl methyl sites for hydroxylation is 2. The van der Waals surface area contributed by atoms with E-state index in [1.165, 1.54) is 0 Å². The largest absolute Gasteiger partial charge is 0.481 e. The molecule has 0 unspecified atom stereocenters. The van der Waals surface area contributed by atoms with E-state index in [9.17, 15) is 28.8 Å². The van der Waals surface area contributed by atoms with Crippen molar-refractivity contribution >= 4 is 23.8 Å². The molecule has 2 amide bonds. The number of carboxylic acid groups (broad SMARTS) is 2. The highest BCUT2D eigenvalue weighted by atomic mass is 19.1. The summed E-state index contributed by atoms with van der Waals surface area (Å²) in [5, 5.41) is 37.7. The molecule has 0 bridgehead atoms. The Bertz CT molecular complexity index is 996. The minimum absolute atomic E-state index is 0.110. The number of alkyl halides is 1. The number of hydroxylamine groups is 2. The van der Waals surface area contributed by atoms with Gasteiger partial charge < -0.3 is 15.5 Å². The predicted molar refractivity (Wildman–Crippen MR) is 114 cm³/mol. The third kappa shape index (κ3) is 8.58. The summed E-state index contributed by atoms with van der Waals surface area (Å²) in [6.07, 6.45) is 1.94. The lowest BCUT2D eigenvalue weighted by atomic mass is 10.1. The Labute approximate surface area is 193 Å². The van der Waals surface area contributed by atoms with Gasteiger partial charge >= 0.3 is 11.9 Å². The predicted octanol–water partition coefficient (Wildman–Crippen LogP) is 0.754. The lowest BCUT2D eigenvalue weighted by molar-refractivity contribution is -0.169. The molecule has 0 saturated heterocycles. The Morgan fingerprint density at radius 2 is 1.79 bits per heavy atom. The monoisotopic (exact) mass is 479 g/mol. The summed E-state index contributed by atoms with van der Waals surface area (Å²) in [6.45, 7) is -1.21. The molecule has 0 spiro atoms. The Balaban J connectivity index is 1.81. The standard InChI is InChI=1S/C21H26FN5O7/c22-11-1-2-15-12-26(25-24-15)16-6-3-14(4-7-16)5-9-19(29)27(34)13-18(28)23-17(21(32)33)8-10-20(30)31/h3-4,6-7,12,17,34H,1-2,5,8-11,13H2,(H,23,28)(H,30,31)(H,32,33)/t17-/m0/s1. The van der Waals surface area contributed by atoms with Crippen LogP contribution in [0.2, 0.25) is 0 Å². The minimum Gasteiger partial charge on any atom is -0.481 e. The Hall–Kier alpha value is -3.87. The third-order valence-electron chi connectivity index (χ3n) is 4.80. The smallest absolute Gasteiger partial charge is 0.326 e. The van der Waals surface area contributed by atoms with Gasteiger partial charge in [-0.1, -0.05) is 17.3 Å². The van der Waals surface area contributed by atoms with E-state index in [1.54, 1.807) is 35.1 Å². The number of benzene rings is 1. The Kier molecular flexibility index (Phi) is 10.1. The first-order chi connectivity index (χ1) is 16.2. The van der Waals surface area contributed by atoms with Gasteiger partial charge in [-0.2, -0.15) is 0 Å². The van der Waals surface area contributed by atoms with Crippen LogP contribution in [0, 0.1) is 0 Å². The van der Waals surface area contributed by atoms with Gasteiger partial charge in [-0.05, 0) is 43.4 Å². The fraction of sp³-hybridized carbons (Fsp3) is 0.429. The van der Waals surface area contributed by atoms with Gasteiger partial charge in [0, 0.05) is 12.8 Å². The second kappa shape index (κ2) is 13.0. The number of rotatable bonds is 14. The number of halogens is 1. The van der Waals surface area contributed by atoms with Crippen LogP contribution in [-0.4, -0.2) is 78.5 Å². The molecule has 2 aromatic rings. The molecule has 4 N–H and O–H groups in total. The van der Waals surface area contributed by atoms with Crippen molar-refractivity contribution in [3.8, 4) is 5.69 Å². The molecule has 1 heterocycles. The minimum atomic E-state index is -1.45. The van der Waals surface area contributed by atoms with Crippen LogP contribution in [0.5, 0.6) is 0 Å². The summed E-state index contributed by atoms with van der Waals surface area (Å²) in [5.74, 6) is -4.31. The SMILES string of the molecule is O=C(O)CC[C@H](NC(=O)CN(O)C(=O)CCc1ccc(-n2cc(CCCF)nn2)cc1)C(=O)O. The summed E-state index contributed by atoms with van der Waals surface area (Å²) >= 11 is 0. The molecule has 1 atom stereocenters. The van der Waals surface area contributed by atoms with Crippen molar-refractivity contribution in [2.45, 2.75) is 44.6 Å². The molecule has 0 radical (unpaired) electrons. The third-order valence-corrected chi connectivity index (χ3v) is 4.80. The zero-order valence-corrected chi connectivity index (χ0v) is 18.3. The molecule has 184 valence electrons. The first-order valence-electron chi connectivity index (χ1n) is 10.5. The average molecular weight is 479 g/mol. The van der Waals surface area contributed by atoms with Crippen molar-refractivity contribution in [3.05, 3.63) is 41.7 Å². The molecule has 2 rings (SSSR count). The van der Waals surface area contributed by atoms with E-state index in [2.05, 4.69) is 15.6 Å². The number of aliphatic carboxylic acids is 2. The van der Waals surface area contributed by atoms with Crippen LogP contribution < -0.4 is 5.32 Å². The van der Waals surface area contributed by atoms with Crippen LogP contribution in [0.25, 0.3) is 5.69 Å². The maximum Gasteiger partial charge on any atom is 0.326 e. The quantitative estimate of drug-likeness (QED) is 0.225. The molecule has 13 heteroatoms. The van der Waals surface area contributed by atoms with E-state index in [-0.39, 0.29) is 24.3 Å². The van der Waals surface area contributed by atoms with Crippen LogP contribution >= 0.6 is 0 Å². The number of nitrogens with zero attached hydrogens (tertiary/aromatic N) is 4. The summed E-state index contributed by atoms with van der Waals surface area (Å²) in [7, 11) is 0. The van der Waals surface area contributed by atoms with Crippen LogP contribution in [0.4, 0.5) is 4.39 Å². The lowest BCUT2D eigenvalue weighted by Crippen LogP contribution is -2.46. The van der Waals surface area contributed by atoms with Crippen molar-refractivity contribution in [1.82, 2.24) is 25.4 Å². The highest BCUT2D eigenvalue weighted by Gasteiger charge is 2.23. The van der Waals surface area contributed by atoms with Gasteiger partial charge in [0.1, 0.15) is 12.6 Å². The number of carbonyl (C=O) groups is 4. The van der Waals surface area contributed by atoms with E-state index in [0.29, 0.717) is 18.5 Å². The van der Waals surface area contributed by atoms with Crippen LogP contribution in [0.1, 0.15) is 36.9 Å². The van der Waals surface area contributed by atoms with E-state index in [1.807, 2.05) is 0 Å². The lowest BCUT2D eigenvalue weighted by Gasteiger charge is -2.17. The molecule has 0 saturated carbocycles. The molecule has 0 aliphatic carbocycles. The highest BCUT2D eigenvalue weighted by molar-refractivity contribution is 5.87. The summed E-state index contributed by atoms with van der Waals surface area (Å²) in [4.78, 5) is 45.7. The zero-order chi connectivity index (χ0) is 25.1. The van der Waals surface area contributed by atoms with Crippen molar-refractivity contribution < 1.29 is 39.0 Å². The van der Waals surface area contributed by atoms with Crippen LogP contribution in [0.15, 0.2) is 30.5 Å². The molecular weight excluding hydrogens is 453 g/mol. The van der Waals surface area contributed by atoms with Crippen molar-refractivity contribution in [2.75, 3.05) is 13.2 Å². The van der Waals surface area contributed by atoms with Crippen molar-refractivity contribution in [1.29, 1.82) is 0 Å². The van der Waals surface area contributed by atoms with E-state index in [4.69, 9.17) is 10.2 Å². The average Bonchev–Trinajstić information content (AvgIpc) is 3.27. The number of aromatic nitrogens is 3. The molecule has 12 nitrogen and oxygen atoms in total. The number of carbonyl (C=O) groups excluding carboxylic acids is 2. The maximum atomic E-state index is 12.3. The number of carboxylic acids is 2. The van der Waals surface area contributed by atoms with Gasteiger partial charge in [-0.25, -0.2) is 14.5 Å². The molecule has 34 heavy (non-hydrogen) atoms. The van der Waals surface area contributed by atoms with E-state index in [0.717, 1.165) is 11.3 Å². The molecule has 0 fully saturated rings. The number of nitrogens with one attached hydrogen (secondary N) is 1. The van der Waals surface area contributed by atoms with Gasteiger partial charge in [0.2, 0.25) is 11.8 Å². The van der Waals surface area contributed by atoms with E-state index >= 15 is 0 Å². The number of hydrogen-bond acceptors (Lipinski definition) is 7. The van der Waals surface area contributed by atoms with Gasteiger partial charge in [0.25, 0.3) is 0 Å². The zero-order valence-electron chi connectivity index (χ0n) is 18.3. The van der Waals surface area contributed by atoms with E-state index < -0.39 is 49.4 Å². The summed E-state index contributed by atoms with van der Waals surface area (Å²) in [5.41, 5.74) is 2.19. The fourth-order valence-corrected chi connectivity index (χ4v) is 2.97. The van der Waals surface area contributed by atoms with Gasteiger partial charge in [-0.3, -0.25) is 24.0 Å². The first-order valence-corrected chi connectivity index (χ1v) is 10.5. The molecule has 1 aromatic heterocycles. The second-order valence-electron chi connectivity index (χ2n) is 7.46. The highest BCUT2D eigenvalue weighted by Crippen LogP contribution is 2.12. The second-order valence-corrected chi connectivity index (χ2v) is 7.46. The topological polar surface area (TPSA) is 175 Å². The summed E-state index contributed by atoms with van der Waals surface area (Å²) < 4.78 is 13.8.